The SMILES string of the molecule is c1ccc(-c2ccc(-c3cc(-c4c5ccccc5c(-c5ccccc5)c5c4ccc4ccccc45)nc(-c4ccccc4)n3)cc2)cc1. The molecule has 1 heterocycles. The van der Waals surface area contributed by atoms with Crippen LogP contribution in [-0.2, 0) is 0 Å². The van der Waals surface area contributed by atoms with Gasteiger partial charge in [0.1, 0.15) is 0 Å². The molecule has 224 valence electrons. The van der Waals surface area contributed by atoms with Crippen LogP contribution in [0.2, 0.25) is 0 Å². The van der Waals surface area contributed by atoms with Crippen molar-refractivity contribution in [2.24, 2.45) is 0 Å². The number of nitrogens with zero attached hydrogens (tertiary/aromatic N) is 2. The molecule has 0 unspecified atom stereocenters. The van der Waals surface area contributed by atoms with Gasteiger partial charge in [0.05, 0.1) is 11.4 Å². The maximum absolute atomic E-state index is 5.34. The van der Waals surface area contributed by atoms with Gasteiger partial charge in [-0.25, -0.2) is 9.97 Å². The third-order valence-electron chi connectivity index (χ3n) is 9.28. The molecule has 0 bridgehead atoms. The van der Waals surface area contributed by atoms with Crippen LogP contribution in [0.5, 0.6) is 0 Å². The van der Waals surface area contributed by atoms with Gasteiger partial charge in [-0.2, -0.15) is 0 Å². The molecule has 0 N–H and O–H groups in total. The Balaban J connectivity index is 1.36. The maximum Gasteiger partial charge on any atom is 0.160 e. The third kappa shape index (κ3) is 4.83. The molecule has 0 saturated carbocycles. The first kappa shape index (κ1) is 27.9. The van der Waals surface area contributed by atoms with Crippen LogP contribution < -0.4 is 0 Å². The lowest BCUT2D eigenvalue weighted by atomic mass is 9.85. The third-order valence-corrected chi connectivity index (χ3v) is 9.28. The topological polar surface area (TPSA) is 25.8 Å². The van der Waals surface area contributed by atoms with Crippen molar-refractivity contribution in [3.05, 3.63) is 182 Å². The van der Waals surface area contributed by atoms with E-state index in [-0.39, 0.29) is 0 Å². The molecule has 9 aromatic rings. The number of benzene rings is 8. The summed E-state index contributed by atoms with van der Waals surface area (Å²) in [6, 6.07) is 64.4. The highest BCUT2D eigenvalue weighted by Gasteiger charge is 2.21. The zero-order valence-corrected chi connectivity index (χ0v) is 26.2. The van der Waals surface area contributed by atoms with Gasteiger partial charge in [0.25, 0.3) is 0 Å². The summed E-state index contributed by atoms with van der Waals surface area (Å²) in [5.74, 6) is 0.709. The van der Waals surface area contributed by atoms with E-state index in [0.29, 0.717) is 5.82 Å². The van der Waals surface area contributed by atoms with Gasteiger partial charge in [-0.15, -0.1) is 0 Å². The summed E-state index contributed by atoms with van der Waals surface area (Å²) >= 11 is 0. The molecule has 0 radical (unpaired) electrons. The van der Waals surface area contributed by atoms with E-state index in [1.807, 2.05) is 24.3 Å². The fraction of sp³-hybridized carbons (Fsp3) is 0. The summed E-state index contributed by atoms with van der Waals surface area (Å²) in [6.07, 6.45) is 0. The monoisotopic (exact) mass is 610 g/mol. The minimum Gasteiger partial charge on any atom is -0.228 e. The van der Waals surface area contributed by atoms with Gasteiger partial charge in [-0.3, -0.25) is 0 Å². The number of rotatable bonds is 5. The molecule has 1 aromatic heterocycles. The van der Waals surface area contributed by atoms with Crippen molar-refractivity contribution in [3.63, 3.8) is 0 Å². The Morgan fingerprint density at radius 3 is 1.48 bits per heavy atom. The smallest absolute Gasteiger partial charge is 0.160 e. The van der Waals surface area contributed by atoms with Gasteiger partial charge in [0, 0.05) is 16.7 Å². The predicted molar refractivity (Wildman–Crippen MR) is 202 cm³/mol. The van der Waals surface area contributed by atoms with E-state index in [1.165, 1.54) is 54.6 Å². The normalized spacial score (nSPS) is 11.3. The Bertz CT molecular complexity index is 2570. The number of hydrogen-bond donors (Lipinski definition) is 0. The van der Waals surface area contributed by atoms with Gasteiger partial charge in [-0.1, -0.05) is 176 Å². The first-order valence-electron chi connectivity index (χ1n) is 16.3. The quantitative estimate of drug-likeness (QED) is 0.143. The van der Waals surface area contributed by atoms with Crippen molar-refractivity contribution in [1.29, 1.82) is 0 Å². The molecule has 2 heteroatoms. The molecule has 0 aliphatic rings. The van der Waals surface area contributed by atoms with Crippen LogP contribution in [-0.4, -0.2) is 9.97 Å². The first-order chi connectivity index (χ1) is 23.8. The Labute approximate surface area is 279 Å². The summed E-state index contributed by atoms with van der Waals surface area (Å²) < 4.78 is 0. The second-order valence-electron chi connectivity index (χ2n) is 12.1. The van der Waals surface area contributed by atoms with Gasteiger partial charge in [0.15, 0.2) is 5.82 Å². The van der Waals surface area contributed by atoms with Gasteiger partial charge in [0.2, 0.25) is 0 Å². The molecule has 0 aliphatic heterocycles. The second-order valence-corrected chi connectivity index (χ2v) is 12.1. The molecule has 0 atom stereocenters. The minimum atomic E-state index is 0.709. The lowest BCUT2D eigenvalue weighted by molar-refractivity contribution is 1.19. The van der Waals surface area contributed by atoms with Crippen molar-refractivity contribution in [1.82, 2.24) is 9.97 Å². The molecule has 0 amide bonds. The number of hydrogen-bond acceptors (Lipinski definition) is 2. The van der Waals surface area contributed by atoms with E-state index in [0.717, 1.165) is 28.1 Å². The highest BCUT2D eigenvalue weighted by Crippen LogP contribution is 2.46. The van der Waals surface area contributed by atoms with E-state index < -0.39 is 0 Å². The van der Waals surface area contributed by atoms with E-state index >= 15 is 0 Å². The summed E-state index contributed by atoms with van der Waals surface area (Å²) in [5.41, 5.74) is 9.78. The van der Waals surface area contributed by atoms with Gasteiger partial charge in [-0.05, 0) is 60.6 Å². The number of fused-ring (bicyclic) bond motifs is 4. The molecule has 48 heavy (non-hydrogen) atoms. The van der Waals surface area contributed by atoms with Crippen LogP contribution in [0.3, 0.4) is 0 Å². The summed E-state index contributed by atoms with van der Waals surface area (Å²) in [5, 5.41) is 7.24. The fourth-order valence-electron chi connectivity index (χ4n) is 7.03. The Kier molecular flexibility index (Phi) is 6.84. The van der Waals surface area contributed by atoms with Crippen LogP contribution in [0.15, 0.2) is 182 Å². The molecule has 0 aliphatic carbocycles. The molecule has 2 nitrogen and oxygen atoms in total. The van der Waals surface area contributed by atoms with Gasteiger partial charge >= 0.3 is 0 Å². The van der Waals surface area contributed by atoms with Crippen molar-refractivity contribution < 1.29 is 0 Å². The molecule has 0 fully saturated rings. The van der Waals surface area contributed by atoms with Gasteiger partial charge < -0.3 is 0 Å². The molecule has 9 rings (SSSR count). The zero-order valence-electron chi connectivity index (χ0n) is 26.2. The molecular weight excluding hydrogens is 581 g/mol. The van der Waals surface area contributed by atoms with Crippen LogP contribution in [0.25, 0.3) is 88.5 Å². The van der Waals surface area contributed by atoms with E-state index in [9.17, 15) is 0 Å². The Morgan fingerprint density at radius 1 is 0.292 bits per heavy atom. The molecular formula is C46H30N2. The number of aromatic nitrogens is 2. The second kappa shape index (κ2) is 11.8. The average molecular weight is 611 g/mol. The zero-order chi connectivity index (χ0) is 31.9. The first-order valence-corrected chi connectivity index (χ1v) is 16.3. The highest BCUT2D eigenvalue weighted by molar-refractivity contribution is 6.27. The minimum absolute atomic E-state index is 0.709. The lowest BCUT2D eigenvalue weighted by Gasteiger charge is -2.19. The van der Waals surface area contributed by atoms with Crippen molar-refractivity contribution in [3.8, 4) is 56.2 Å². The average Bonchev–Trinajstić information content (AvgIpc) is 3.17. The predicted octanol–water partition coefficient (Wildman–Crippen LogP) is 12.3. The summed E-state index contributed by atoms with van der Waals surface area (Å²) in [7, 11) is 0. The van der Waals surface area contributed by atoms with Crippen LogP contribution in [0, 0.1) is 0 Å². The summed E-state index contributed by atoms with van der Waals surface area (Å²) in [6.45, 7) is 0. The van der Waals surface area contributed by atoms with E-state index in [2.05, 4.69) is 158 Å². The highest BCUT2D eigenvalue weighted by atomic mass is 14.9. The molecule has 0 spiro atoms. The van der Waals surface area contributed by atoms with E-state index in [1.54, 1.807) is 0 Å². The Hall–Kier alpha value is -6.38. The standard InChI is InChI=1S/C46H30N2/c1-4-14-31(15-5-1)32-24-26-34(27-25-32)41-30-42(48-46(47-41)36-19-8-3-9-20-36)44-39-23-13-12-22-38(39)43(35-17-6-2-7-18-35)45-37-21-11-10-16-33(37)28-29-40(44)45/h1-30H. The lowest BCUT2D eigenvalue weighted by Crippen LogP contribution is -1.98. The largest absolute Gasteiger partial charge is 0.228 e. The molecule has 0 saturated heterocycles. The summed E-state index contributed by atoms with van der Waals surface area (Å²) in [4.78, 5) is 10.5. The van der Waals surface area contributed by atoms with Crippen LogP contribution in [0.1, 0.15) is 0 Å². The Morgan fingerprint density at radius 2 is 0.792 bits per heavy atom. The van der Waals surface area contributed by atoms with Crippen molar-refractivity contribution >= 4 is 32.3 Å². The van der Waals surface area contributed by atoms with Crippen molar-refractivity contribution in [2.45, 2.75) is 0 Å². The molecule has 8 aromatic carbocycles. The van der Waals surface area contributed by atoms with Crippen LogP contribution in [0.4, 0.5) is 0 Å². The maximum atomic E-state index is 5.34. The van der Waals surface area contributed by atoms with Crippen LogP contribution >= 0.6 is 0 Å². The van der Waals surface area contributed by atoms with E-state index in [4.69, 9.17) is 9.97 Å². The van der Waals surface area contributed by atoms with Crippen molar-refractivity contribution in [2.75, 3.05) is 0 Å². The fourth-order valence-corrected chi connectivity index (χ4v) is 7.03.